The molecule has 0 aliphatic heterocycles. The fourth-order valence-corrected chi connectivity index (χ4v) is 2.79. The van der Waals surface area contributed by atoms with Crippen molar-refractivity contribution in [3.8, 4) is 17.2 Å². The highest BCUT2D eigenvalue weighted by Crippen LogP contribution is 2.29. The number of nitriles is 1. The Bertz CT molecular complexity index is 832. The fourth-order valence-electron chi connectivity index (χ4n) is 2.79. The molecule has 134 valence electrons. The lowest BCUT2D eigenvalue weighted by atomic mass is 9.95. The van der Waals surface area contributed by atoms with Crippen LogP contribution in [-0.4, -0.2) is 11.1 Å². The molecule has 0 aromatic heterocycles. The van der Waals surface area contributed by atoms with Crippen molar-refractivity contribution in [2.75, 3.05) is 0 Å². The van der Waals surface area contributed by atoms with Gasteiger partial charge in [-0.15, -0.1) is 0 Å². The van der Waals surface area contributed by atoms with Gasteiger partial charge in [0.25, 0.3) is 0 Å². The number of unbranched alkanes of at least 4 members (excludes halogenated alkanes) is 4. The third kappa shape index (κ3) is 4.80. The first-order valence-corrected chi connectivity index (χ1v) is 8.81. The summed E-state index contributed by atoms with van der Waals surface area (Å²) in [5, 5.41) is 18.3. The van der Waals surface area contributed by atoms with Crippen molar-refractivity contribution in [3.05, 3.63) is 65.0 Å². The van der Waals surface area contributed by atoms with E-state index in [1.54, 1.807) is 18.2 Å². The first kappa shape index (κ1) is 19.4. The Kier molecular flexibility index (Phi) is 7.11. The molecule has 3 nitrogen and oxygen atoms in total. The summed E-state index contributed by atoms with van der Waals surface area (Å²) < 4.78 is 14.5. The standard InChI is InChI=1S/C22H22FNO2/c1-2-3-4-5-6-7-8-16-9-11-17(12-10-16)20-19(22(25)26)14-13-18(15-24)21(20)23/h7-14H,2-6H2,1H3,(H,25,26). The first-order chi connectivity index (χ1) is 12.6. The van der Waals surface area contributed by atoms with Crippen LogP contribution in [0.1, 0.15) is 60.5 Å². The topological polar surface area (TPSA) is 61.1 Å². The van der Waals surface area contributed by atoms with Crippen LogP contribution in [0.5, 0.6) is 0 Å². The van der Waals surface area contributed by atoms with Gasteiger partial charge in [-0.2, -0.15) is 5.26 Å². The van der Waals surface area contributed by atoms with Crippen LogP contribution in [0.3, 0.4) is 0 Å². The van der Waals surface area contributed by atoms with Gasteiger partial charge in [-0.1, -0.05) is 62.6 Å². The van der Waals surface area contributed by atoms with Gasteiger partial charge in [-0.3, -0.25) is 0 Å². The molecule has 0 heterocycles. The van der Waals surface area contributed by atoms with Crippen molar-refractivity contribution in [1.82, 2.24) is 0 Å². The zero-order valence-electron chi connectivity index (χ0n) is 14.8. The van der Waals surface area contributed by atoms with Crippen molar-refractivity contribution in [2.45, 2.75) is 39.0 Å². The van der Waals surface area contributed by atoms with Gasteiger partial charge in [0.15, 0.2) is 0 Å². The maximum atomic E-state index is 14.5. The number of aromatic carboxylic acids is 1. The lowest BCUT2D eigenvalue weighted by Gasteiger charge is -2.09. The van der Waals surface area contributed by atoms with Gasteiger partial charge in [0.05, 0.1) is 11.1 Å². The van der Waals surface area contributed by atoms with Crippen LogP contribution >= 0.6 is 0 Å². The van der Waals surface area contributed by atoms with E-state index >= 15 is 0 Å². The quantitative estimate of drug-likeness (QED) is 0.589. The van der Waals surface area contributed by atoms with E-state index in [-0.39, 0.29) is 16.7 Å². The minimum Gasteiger partial charge on any atom is -0.478 e. The second-order valence-corrected chi connectivity index (χ2v) is 6.14. The van der Waals surface area contributed by atoms with E-state index in [0.29, 0.717) is 5.56 Å². The van der Waals surface area contributed by atoms with Gasteiger partial charge in [0.1, 0.15) is 11.9 Å². The molecule has 0 saturated carbocycles. The summed E-state index contributed by atoms with van der Waals surface area (Å²) >= 11 is 0. The zero-order chi connectivity index (χ0) is 18.9. The van der Waals surface area contributed by atoms with E-state index in [4.69, 9.17) is 5.26 Å². The van der Waals surface area contributed by atoms with Crippen molar-refractivity contribution in [2.24, 2.45) is 0 Å². The highest BCUT2D eigenvalue weighted by atomic mass is 19.1. The summed E-state index contributed by atoms with van der Waals surface area (Å²) in [6.07, 6.45) is 10.0. The van der Waals surface area contributed by atoms with Crippen LogP contribution in [0.15, 0.2) is 42.5 Å². The van der Waals surface area contributed by atoms with Crippen LogP contribution < -0.4 is 0 Å². The minimum atomic E-state index is -1.22. The summed E-state index contributed by atoms with van der Waals surface area (Å²) in [7, 11) is 0. The Morgan fingerprint density at radius 2 is 1.88 bits per heavy atom. The predicted octanol–water partition coefficient (Wildman–Crippen LogP) is 6.05. The second kappa shape index (κ2) is 9.53. The molecule has 4 heteroatoms. The molecule has 0 aliphatic rings. The molecule has 2 rings (SSSR count). The highest BCUT2D eigenvalue weighted by Gasteiger charge is 2.19. The summed E-state index contributed by atoms with van der Waals surface area (Å²) in [5.41, 5.74) is 1.04. The summed E-state index contributed by atoms with van der Waals surface area (Å²) in [5.74, 6) is -2.02. The van der Waals surface area contributed by atoms with Gasteiger partial charge < -0.3 is 5.11 Å². The van der Waals surface area contributed by atoms with Crippen LogP contribution in [0.4, 0.5) is 4.39 Å². The molecule has 0 spiro atoms. The Morgan fingerprint density at radius 1 is 1.15 bits per heavy atom. The van der Waals surface area contributed by atoms with Crippen LogP contribution in [0.2, 0.25) is 0 Å². The molecular formula is C22H22FNO2. The molecule has 0 amide bonds. The number of benzene rings is 2. The highest BCUT2D eigenvalue weighted by molar-refractivity contribution is 5.96. The number of halogens is 1. The predicted molar refractivity (Wildman–Crippen MR) is 101 cm³/mol. The third-order valence-electron chi connectivity index (χ3n) is 4.23. The van der Waals surface area contributed by atoms with Gasteiger partial charge in [-0.05, 0) is 36.1 Å². The average Bonchev–Trinajstić information content (AvgIpc) is 2.65. The maximum absolute atomic E-state index is 14.5. The number of carbonyl (C=O) groups is 1. The van der Waals surface area contributed by atoms with E-state index in [1.807, 2.05) is 18.2 Å². The number of nitrogens with zero attached hydrogens (tertiary/aromatic N) is 1. The molecule has 26 heavy (non-hydrogen) atoms. The van der Waals surface area contributed by atoms with E-state index in [0.717, 1.165) is 18.4 Å². The lowest BCUT2D eigenvalue weighted by Crippen LogP contribution is -2.03. The zero-order valence-corrected chi connectivity index (χ0v) is 14.8. The van der Waals surface area contributed by atoms with Crippen molar-refractivity contribution >= 4 is 12.0 Å². The molecule has 0 atom stereocenters. The largest absolute Gasteiger partial charge is 0.478 e. The molecule has 0 radical (unpaired) electrons. The van der Waals surface area contributed by atoms with E-state index in [1.165, 1.54) is 31.4 Å². The molecule has 0 bridgehead atoms. The smallest absolute Gasteiger partial charge is 0.336 e. The second-order valence-electron chi connectivity index (χ2n) is 6.14. The number of allylic oxidation sites excluding steroid dienone is 1. The molecule has 0 fully saturated rings. The molecule has 0 saturated heterocycles. The molecule has 2 aromatic rings. The van der Waals surface area contributed by atoms with Crippen LogP contribution in [-0.2, 0) is 0 Å². The van der Waals surface area contributed by atoms with Crippen molar-refractivity contribution < 1.29 is 14.3 Å². The summed E-state index contributed by atoms with van der Waals surface area (Å²) in [4.78, 5) is 11.4. The SMILES string of the molecule is CCCCCCC=Cc1ccc(-c2c(C(=O)O)ccc(C#N)c2F)cc1. The van der Waals surface area contributed by atoms with Gasteiger partial charge in [0.2, 0.25) is 0 Å². The molecule has 0 unspecified atom stereocenters. The van der Waals surface area contributed by atoms with Crippen molar-refractivity contribution in [3.63, 3.8) is 0 Å². The third-order valence-corrected chi connectivity index (χ3v) is 4.23. The van der Waals surface area contributed by atoms with E-state index < -0.39 is 11.8 Å². The van der Waals surface area contributed by atoms with Gasteiger partial charge in [0, 0.05) is 5.56 Å². The maximum Gasteiger partial charge on any atom is 0.336 e. The number of carboxylic acid groups (broad SMARTS) is 1. The average molecular weight is 351 g/mol. The molecule has 0 aliphatic carbocycles. The van der Waals surface area contributed by atoms with E-state index in [2.05, 4.69) is 13.0 Å². The van der Waals surface area contributed by atoms with Gasteiger partial charge >= 0.3 is 5.97 Å². The lowest BCUT2D eigenvalue weighted by molar-refractivity contribution is 0.0697. The Morgan fingerprint density at radius 3 is 2.50 bits per heavy atom. The monoisotopic (exact) mass is 351 g/mol. The van der Waals surface area contributed by atoms with Gasteiger partial charge in [-0.25, -0.2) is 9.18 Å². The Balaban J connectivity index is 2.22. The number of hydrogen-bond acceptors (Lipinski definition) is 2. The van der Waals surface area contributed by atoms with E-state index in [9.17, 15) is 14.3 Å². The minimum absolute atomic E-state index is 0.0494. The van der Waals surface area contributed by atoms with Crippen LogP contribution in [0, 0.1) is 17.1 Å². The fraction of sp³-hybridized carbons (Fsp3) is 0.273. The molecular weight excluding hydrogens is 329 g/mol. The normalized spacial score (nSPS) is 10.8. The first-order valence-electron chi connectivity index (χ1n) is 8.81. The van der Waals surface area contributed by atoms with Crippen LogP contribution in [0.25, 0.3) is 17.2 Å². The number of carboxylic acids is 1. The summed E-state index contributed by atoms with van der Waals surface area (Å²) in [6.45, 7) is 2.18. The molecule has 1 N–H and O–H groups in total. The number of rotatable bonds is 8. The van der Waals surface area contributed by atoms with Crippen molar-refractivity contribution in [1.29, 1.82) is 5.26 Å². The Labute approximate surface area is 153 Å². The Hall–Kier alpha value is -2.93. The summed E-state index contributed by atoms with van der Waals surface area (Å²) in [6, 6.07) is 11.2. The number of hydrogen-bond donors (Lipinski definition) is 1. The molecule has 2 aromatic carbocycles.